The zero-order chi connectivity index (χ0) is 22.7. The third-order valence-electron chi connectivity index (χ3n) is 5.22. The van der Waals surface area contributed by atoms with E-state index in [1.54, 1.807) is 53.8 Å². The van der Waals surface area contributed by atoms with E-state index < -0.39 is 10.0 Å². The molecule has 0 radical (unpaired) electrons. The summed E-state index contributed by atoms with van der Waals surface area (Å²) in [6, 6.07) is 34.1. The third kappa shape index (κ3) is 4.92. The summed E-state index contributed by atoms with van der Waals surface area (Å²) in [5, 5.41) is 1.15. The number of ether oxygens (including phenoxy) is 1. The van der Waals surface area contributed by atoms with Gasteiger partial charge in [-0.3, -0.25) is 4.72 Å². The van der Waals surface area contributed by atoms with E-state index in [1.165, 1.54) is 0 Å². The molecule has 5 rings (SSSR count). The second kappa shape index (κ2) is 9.10. The summed E-state index contributed by atoms with van der Waals surface area (Å²) in [4.78, 5) is 1.35. The molecule has 0 unspecified atom stereocenters. The summed E-state index contributed by atoms with van der Waals surface area (Å²) >= 11 is 1.68. The van der Waals surface area contributed by atoms with E-state index in [9.17, 15) is 8.42 Å². The molecule has 1 aromatic heterocycles. The van der Waals surface area contributed by atoms with Crippen molar-refractivity contribution in [1.82, 2.24) is 0 Å². The van der Waals surface area contributed by atoms with Crippen LogP contribution in [-0.4, -0.2) is 8.42 Å². The molecule has 4 aromatic carbocycles. The molecule has 4 nitrogen and oxygen atoms in total. The van der Waals surface area contributed by atoms with Crippen molar-refractivity contribution in [2.24, 2.45) is 0 Å². The first-order valence-electron chi connectivity index (χ1n) is 10.5. The molecule has 0 aliphatic rings. The molecule has 0 spiro atoms. The van der Waals surface area contributed by atoms with E-state index >= 15 is 0 Å². The first-order valence-corrected chi connectivity index (χ1v) is 12.8. The Balaban J connectivity index is 1.31. The van der Waals surface area contributed by atoms with Crippen LogP contribution >= 0.6 is 11.3 Å². The lowest BCUT2D eigenvalue weighted by molar-refractivity contribution is 0.306. The molecule has 33 heavy (non-hydrogen) atoms. The summed E-state index contributed by atoms with van der Waals surface area (Å²) in [7, 11) is -3.60. The lowest BCUT2D eigenvalue weighted by Crippen LogP contribution is -2.12. The van der Waals surface area contributed by atoms with Crippen molar-refractivity contribution in [3.8, 4) is 16.2 Å². The monoisotopic (exact) mass is 471 g/mol. The molecular formula is C27H21NO3S2. The van der Waals surface area contributed by atoms with E-state index in [4.69, 9.17) is 4.74 Å². The molecule has 0 bridgehead atoms. The van der Waals surface area contributed by atoms with Gasteiger partial charge in [-0.1, -0.05) is 60.7 Å². The molecule has 0 fully saturated rings. The lowest BCUT2D eigenvalue weighted by atomic mass is 10.1. The number of fused-ring (bicyclic) bond motifs is 1. The molecule has 164 valence electrons. The predicted octanol–water partition coefficient (Wildman–Crippen LogP) is 6.95. The fourth-order valence-corrected chi connectivity index (χ4v) is 5.68. The third-order valence-corrected chi connectivity index (χ3v) is 7.76. The Morgan fingerprint density at radius 3 is 2.18 bits per heavy atom. The van der Waals surface area contributed by atoms with Gasteiger partial charge in [0.05, 0.1) is 4.90 Å². The second-order valence-corrected chi connectivity index (χ2v) is 10.3. The molecule has 5 aromatic rings. The average molecular weight is 472 g/mol. The molecule has 6 heteroatoms. The van der Waals surface area contributed by atoms with Gasteiger partial charge in [0.15, 0.2) is 0 Å². The Hall–Kier alpha value is -3.61. The van der Waals surface area contributed by atoms with Gasteiger partial charge in [0.25, 0.3) is 10.0 Å². The Morgan fingerprint density at radius 2 is 1.45 bits per heavy atom. The van der Waals surface area contributed by atoms with E-state index in [1.807, 2.05) is 48.5 Å². The van der Waals surface area contributed by atoms with Crippen molar-refractivity contribution in [3.05, 3.63) is 115 Å². The minimum atomic E-state index is -3.60. The van der Waals surface area contributed by atoms with Crippen LogP contribution < -0.4 is 9.46 Å². The van der Waals surface area contributed by atoms with Crippen molar-refractivity contribution in [2.45, 2.75) is 11.5 Å². The lowest BCUT2D eigenvalue weighted by Gasteiger charge is -2.08. The van der Waals surface area contributed by atoms with Crippen LogP contribution in [0.4, 0.5) is 5.69 Å². The van der Waals surface area contributed by atoms with Gasteiger partial charge < -0.3 is 4.74 Å². The van der Waals surface area contributed by atoms with Crippen LogP contribution in [0.25, 0.3) is 20.5 Å². The maximum absolute atomic E-state index is 12.5. The number of hydrogen-bond donors (Lipinski definition) is 1. The van der Waals surface area contributed by atoms with Crippen LogP contribution in [0.3, 0.4) is 0 Å². The first kappa shape index (κ1) is 21.2. The first-order chi connectivity index (χ1) is 16.1. The quantitative estimate of drug-likeness (QED) is 0.279. The average Bonchev–Trinajstić information content (AvgIpc) is 3.28. The standard InChI is InChI=1S/C27H21NO3S2/c29-33(30,25-9-5-2-6-10-25)28-23-14-11-21(12-15-23)26-17-22-13-16-24(18-27(22)32-26)31-19-20-7-3-1-4-8-20/h1-18,28H,19H2. The molecule has 1 N–H and O–H groups in total. The molecule has 0 aliphatic carbocycles. The van der Waals surface area contributed by atoms with E-state index in [2.05, 4.69) is 22.9 Å². The SMILES string of the molecule is O=S(=O)(Nc1ccc(-c2cc3ccc(OCc4ccccc4)cc3s2)cc1)c1ccccc1. The van der Waals surface area contributed by atoms with Crippen LogP contribution in [0, 0.1) is 0 Å². The number of anilines is 1. The van der Waals surface area contributed by atoms with Gasteiger partial charge in [-0.2, -0.15) is 0 Å². The predicted molar refractivity (Wildman–Crippen MR) is 135 cm³/mol. The molecular weight excluding hydrogens is 450 g/mol. The zero-order valence-corrected chi connectivity index (χ0v) is 19.3. The Morgan fingerprint density at radius 1 is 0.758 bits per heavy atom. The number of sulfonamides is 1. The van der Waals surface area contributed by atoms with Gasteiger partial charge in [0.2, 0.25) is 0 Å². The Labute approximate surface area is 197 Å². The summed E-state index contributed by atoms with van der Waals surface area (Å²) in [5.41, 5.74) is 2.69. The molecule has 0 saturated heterocycles. The van der Waals surface area contributed by atoms with Gasteiger partial charge in [-0.15, -0.1) is 11.3 Å². The van der Waals surface area contributed by atoms with Gasteiger partial charge in [-0.25, -0.2) is 8.42 Å². The molecule has 1 heterocycles. The highest BCUT2D eigenvalue weighted by molar-refractivity contribution is 7.92. The van der Waals surface area contributed by atoms with Gasteiger partial charge in [0, 0.05) is 15.3 Å². The number of hydrogen-bond acceptors (Lipinski definition) is 4. The van der Waals surface area contributed by atoms with Crippen molar-refractivity contribution >= 4 is 37.1 Å². The smallest absolute Gasteiger partial charge is 0.261 e. The maximum atomic E-state index is 12.5. The topological polar surface area (TPSA) is 55.4 Å². The molecule has 0 amide bonds. The summed E-state index contributed by atoms with van der Waals surface area (Å²) in [6.07, 6.45) is 0. The fraction of sp³-hybridized carbons (Fsp3) is 0.0370. The van der Waals surface area contributed by atoms with Crippen molar-refractivity contribution in [2.75, 3.05) is 4.72 Å². The normalized spacial score (nSPS) is 11.4. The Bertz CT molecular complexity index is 1480. The van der Waals surface area contributed by atoms with Crippen LogP contribution in [0.5, 0.6) is 5.75 Å². The van der Waals surface area contributed by atoms with E-state index in [0.717, 1.165) is 31.8 Å². The number of nitrogens with one attached hydrogen (secondary N) is 1. The van der Waals surface area contributed by atoms with Crippen LogP contribution in [-0.2, 0) is 16.6 Å². The maximum Gasteiger partial charge on any atom is 0.261 e. The number of thiophene rings is 1. The highest BCUT2D eigenvalue weighted by atomic mass is 32.2. The van der Waals surface area contributed by atoms with Gasteiger partial charge in [-0.05, 0) is 65.0 Å². The van der Waals surface area contributed by atoms with Gasteiger partial charge in [0.1, 0.15) is 12.4 Å². The van der Waals surface area contributed by atoms with Crippen LogP contribution in [0.1, 0.15) is 5.56 Å². The molecule has 0 aliphatic heterocycles. The minimum Gasteiger partial charge on any atom is -0.489 e. The molecule has 0 atom stereocenters. The minimum absolute atomic E-state index is 0.240. The van der Waals surface area contributed by atoms with Crippen LogP contribution in [0.15, 0.2) is 114 Å². The summed E-state index contributed by atoms with van der Waals surface area (Å²) in [6.45, 7) is 0.533. The number of rotatable bonds is 7. The highest BCUT2D eigenvalue weighted by Gasteiger charge is 2.13. The summed E-state index contributed by atoms with van der Waals surface area (Å²) < 4.78 is 34.8. The largest absolute Gasteiger partial charge is 0.489 e. The highest BCUT2D eigenvalue weighted by Crippen LogP contribution is 2.36. The van der Waals surface area contributed by atoms with E-state index in [-0.39, 0.29) is 4.90 Å². The van der Waals surface area contributed by atoms with Crippen molar-refractivity contribution < 1.29 is 13.2 Å². The van der Waals surface area contributed by atoms with Gasteiger partial charge >= 0.3 is 0 Å². The van der Waals surface area contributed by atoms with Crippen LogP contribution in [0.2, 0.25) is 0 Å². The fourth-order valence-electron chi connectivity index (χ4n) is 3.50. The van der Waals surface area contributed by atoms with Crippen molar-refractivity contribution in [1.29, 1.82) is 0 Å². The number of benzene rings is 4. The molecule has 0 saturated carbocycles. The summed E-state index contributed by atoms with van der Waals surface area (Å²) in [5.74, 6) is 0.838. The van der Waals surface area contributed by atoms with E-state index in [0.29, 0.717) is 12.3 Å². The Kier molecular flexibility index (Phi) is 5.86. The van der Waals surface area contributed by atoms with Crippen molar-refractivity contribution in [3.63, 3.8) is 0 Å². The second-order valence-electron chi connectivity index (χ2n) is 7.58. The zero-order valence-electron chi connectivity index (χ0n) is 17.6.